The van der Waals surface area contributed by atoms with Crippen LogP contribution in [0.5, 0.6) is 0 Å². The summed E-state index contributed by atoms with van der Waals surface area (Å²) in [6, 6.07) is 15.7. The fourth-order valence-corrected chi connectivity index (χ4v) is 3.05. The Morgan fingerprint density at radius 2 is 1.20 bits per heavy atom. The maximum absolute atomic E-state index is 14.1. The molecule has 0 heterocycles. The van der Waals surface area contributed by atoms with E-state index in [-0.39, 0.29) is 16.8 Å². The SMILES string of the molecule is O=C(O[C@H](C(=O)O)[C@@H](OC(=O)c1ccc(Cl)cc1)C(=O)Nc1ccccc1F)c1ccc(Cl)cc1. The largest absolute Gasteiger partial charge is 0.478 e. The molecule has 1 amide bonds. The molecule has 3 rings (SSSR count). The van der Waals surface area contributed by atoms with Gasteiger partial charge in [-0.15, -0.1) is 0 Å². The number of carboxylic acid groups (broad SMARTS) is 1. The van der Waals surface area contributed by atoms with Crippen LogP contribution >= 0.6 is 23.2 Å². The Labute approximate surface area is 208 Å². The number of carbonyl (C=O) groups is 4. The summed E-state index contributed by atoms with van der Waals surface area (Å²) >= 11 is 11.6. The third-order valence-corrected chi connectivity index (χ3v) is 5.04. The van der Waals surface area contributed by atoms with Crippen molar-refractivity contribution in [3.05, 3.63) is 99.8 Å². The minimum Gasteiger partial charge on any atom is -0.478 e. The summed E-state index contributed by atoms with van der Waals surface area (Å²) in [5.41, 5.74) is -0.442. The molecule has 0 aliphatic rings. The zero-order chi connectivity index (χ0) is 25.5. The van der Waals surface area contributed by atoms with Crippen LogP contribution in [-0.4, -0.2) is 41.1 Å². The number of carbonyl (C=O) groups excluding carboxylic acids is 3. The number of nitrogens with one attached hydrogen (secondary N) is 1. The fraction of sp³-hybridized carbons (Fsp3) is 0.0833. The van der Waals surface area contributed by atoms with E-state index in [2.05, 4.69) is 5.32 Å². The summed E-state index contributed by atoms with van der Waals surface area (Å²) in [4.78, 5) is 50.1. The number of para-hydroxylation sites is 1. The van der Waals surface area contributed by atoms with Gasteiger partial charge in [0.2, 0.25) is 12.2 Å². The van der Waals surface area contributed by atoms with E-state index in [9.17, 15) is 28.7 Å². The van der Waals surface area contributed by atoms with Gasteiger partial charge in [-0.1, -0.05) is 35.3 Å². The van der Waals surface area contributed by atoms with Gasteiger partial charge < -0.3 is 19.9 Å². The third-order valence-electron chi connectivity index (χ3n) is 4.54. The van der Waals surface area contributed by atoms with Crippen molar-refractivity contribution in [1.29, 1.82) is 0 Å². The second-order valence-corrected chi connectivity index (χ2v) is 7.85. The molecule has 0 unspecified atom stereocenters. The molecule has 0 saturated carbocycles. The number of rotatable bonds is 8. The summed E-state index contributed by atoms with van der Waals surface area (Å²) in [5.74, 6) is -6.09. The summed E-state index contributed by atoms with van der Waals surface area (Å²) in [6.07, 6.45) is -4.47. The number of ether oxygens (including phenoxy) is 2. The Morgan fingerprint density at radius 1 is 0.743 bits per heavy atom. The van der Waals surface area contributed by atoms with E-state index in [1.165, 1.54) is 66.7 Å². The number of aliphatic carboxylic acids is 1. The maximum atomic E-state index is 14.1. The molecule has 0 radical (unpaired) electrons. The Hall–Kier alpha value is -3.95. The highest BCUT2D eigenvalue weighted by atomic mass is 35.5. The van der Waals surface area contributed by atoms with Crippen molar-refractivity contribution in [3.8, 4) is 0 Å². The Balaban J connectivity index is 1.91. The van der Waals surface area contributed by atoms with Crippen LogP contribution in [0, 0.1) is 5.82 Å². The molecule has 0 aliphatic carbocycles. The lowest BCUT2D eigenvalue weighted by molar-refractivity contribution is -0.157. The average molecular weight is 520 g/mol. The van der Waals surface area contributed by atoms with E-state index < -0.39 is 41.8 Å². The molecule has 11 heteroatoms. The van der Waals surface area contributed by atoms with Crippen LogP contribution in [-0.2, 0) is 19.1 Å². The lowest BCUT2D eigenvalue weighted by atomic mass is 10.1. The minimum absolute atomic E-state index is 0.0636. The molecule has 2 N–H and O–H groups in total. The van der Waals surface area contributed by atoms with Gasteiger partial charge in [0, 0.05) is 10.0 Å². The molecule has 0 aliphatic heterocycles. The summed E-state index contributed by atoms with van der Waals surface area (Å²) < 4.78 is 24.2. The molecule has 2 atom stereocenters. The molecule has 3 aromatic rings. The van der Waals surface area contributed by atoms with Crippen molar-refractivity contribution in [3.63, 3.8) is 0 Å². The minimum atomic E-state index is -2.28. The fourth-order valence-electron chi connectivity index (χ4n) is 2.80. The first-order chi connectivity index (χ1) is 16.7. The number of carboxylic acids is 1. The van der Waals surface area contributed by atoms with E-state index in [0.29, 0.717) is 10.0 Å². The van der Waals surface area contributed by atoms with Crippen molar-refractivity contribution in [2.45, 2.75) is 12.2 Å². The zero-order valence-corrected chi connectivity index (χ0v) is 19.1. The zero-order valence-electron chi connectivity index (χ0n) is 17.6. The number of hydrogen-bond acceptors (Lipinski definition) is 6. The first-order valence-electron chi connectivity index (χ1n) is 9.87. The number of halogens is 3. The van der Waals surface area contributed by atoms with E-state index >= 15 is 0 Å². The van der Waals surface area contributed by atoms with E-state index in [4.69, 9.17) is 32.7 Å². The van der Waals surface area contributed by atoms with Gasteiger partial charge >= 0.3 is 17.9 Å². The standard InChI is InChI=1S/C24H16Cl2FNO7/c25-15-9-5-13(6-10-15)23(32)34-19(21(29)28-18-4-2-1-3-17(18)27)20(22(30)31)35-24(33)14-7-11-16(26)12-8-14/h1-12,19-20H,(H,28,29)(H,30,31)/t19-,20+/m1/s1. The highest BCUT2D eigenvalue weighted by Gasteiger charge is 2.41. The van der Waals surface area contributed by atoms with Gasteiger partial charge in [0.15, 0.2) is 0 Å². The number of amides is 1. The van der Waals surface area contributed by atoms with Crippen LogP contribution in [0.25, 0.3) is 0 Å². The molecular formula is C24H16Cl2FNO7. The number of anilines is 1. The van der Waals surface area contributed by atoms with Gasteiger partial charge in [-0.3, -0.25) is 4.79 Å². The highest BCUT2D eigenvalue weighted by molar-refractivity contribution is 6.31. The smallest absolute Gasteiger partial charge is 0.349 e. The second-order valence-electron chi connectivity index (χ2n) is 6.97. The van der Waals surface area contributed by atoms with Crippen molar-refractivity contribution in [2.75, 3.05) is 5.32 Å². The maximum Gasteiger partial charge on any atom is 0.349 e. The summed E-state index contributed by atoms with van der Waals surface area (Å²) in [7, 11) is 0. The molecule has 8 nitrogen and oxygen atoms in total. The number of benzene rings is 3. The lowest BCUT2D eigenvalue weighted by Crippen LogP contribution is -2.48. The predicted octanol–water partition coefficient (Wildman–Crippen LogP) is 4.61. The molecule has 0 fully saturated rings. The topological polar surface area (TPSA) is 119 Å². The Bertz CT molecular complexity index is 1250. The summed E-state index contributed by atoms with van der Waals surface area (Å²) in [6.45, 7) is 0. The molecule has 35 heavy (non-hydrogen) atoms. The van der Waals surface area contributed by atoms with E-state index in [0.717, 1.165) is 6.07 Å². The number of esters is 2. The van der Waals surface area contributed by atoms with Crippen LogP contribution in [0.3, 0.4) is 0 Å². The Morgan fingerprint density at radius 3 is 1.66 bits per heavy atom. The van der Waals surface area contributed by atoms with Gasteiger partial charge in [-0.25, -0.2) is 18.8 Å². The Kier molecular flexibility index (Phi) is 8.40. The van der Waals surface area contributed by atoms with Crippen molar-refractivity contribution in [1.82, 2.24) is 0 Å². The molecule has 3 aromatic carbocycles. The van der Waals surface area contributed by atoms with Crippen LogP contribution in [0.1, 0.15) is 20.7 Å². The lowest BCUT2D eigenvalue weighted by Gasteiger charge is -2.23. The van der Waals surface area contributed by atoms with Gasteiger partial charge in [-0.2, -0.15) is 0 Å². The van der Waals surface area contributed by atoms with Crippen molar-refractivity contribution >= 4 is 52.7 Å². The molecule has 180 valence electrons. The first kappa shape index (κ1) is 25.7. The molecular weight excluding hydrogens is 504 g/mol. The van der Waals surface area contributed by atoms with Gasteiger partial charge in [-0.05, 0) is 60.7 Å². The van der Waals surface area contributed by atoms with Gasteiger partial charge in [0.1, 0.15) is 5.82 Å². The first-order valence-corrected chi connectivity index (χ1v) is 10.6. The van der Waals surface area contributed by atoms with E-state index in [1.54, 1.807) is 0 Å². The quantitative estimate of drug-likeness (QED) is 0.417. The van der Waals surface area contributed by atoms with E-state index in [1.807, 2.05) is 0 Å². The molecule has 0 saturated heterocycles. The average Bonchev–Trinajstić information content (AvgIpc) is 2.83. The molecule has 0 spiro atoms. The molecule has 0 aromatic heterocycles. The number of hydrogen-bond donors (Lipinski definition) is 2. The van der Waals surface area contributed by atoms with Gasteiger partial charge in [0.25, 0.3) is 5.91 Å². The van der Waals surface area contributed by atoms with Crippen molar-refractivity contribution < 1.29 is 38.1 Å². The monoisotopic (exact) mass is 519 g/mol. The van der Waals surface area contributed by atoms with Crippen LogP contribution in [0.4, 0.5) is 10.1 Å². The highest BCUT2D eigenvalue weighted by Crippen LogP contribution is 2.19. The third kappa shape index (κ3) is 6.78. The van der Waals surface area contributed by atoms with Gasteiger partial charge in [0.05, 0.1) is 16.8 Å². The summed E-state index contributed by atoms with van der Waals surface area (Å²) in [5, 5.41) is 12.5. The second kappa shape index (κ2) is 11.5. The van der Waals surface area contributed by atoms with Crippen LogP contribution in [0.15, 0.2) is 72.8 Å². The van der Waals surface area contributed by atoms with Crippen LogP contribution < -0.4 is 5.32 Å². The van der Waals surface area contributed by atoms with Crippen molar-refractivity contribution in [2.24, 2.45) is 0 Å². The normalized spacial score (nSPS) is 12.2. The predicted molar refractivity (Wildman–Crippen MR) is 124 cm³/mol. The molecule has 0 bridgehead atoms. The van der Waals surface area contributed by atoms with Crippen LogP contribution in [0.2, 0.25) is 10.0 Å².